The van der Waals surface area contributed by atoms with Crippen molar-refractivity contribution in [1.29, 1.82) is 0 Å². The average Bonchev–Trinajstić information content (AvgIpc) is 3.60. The number of carbonyl (C=O) groups excluding carboxylic acids is 2. The summed E-state index contributed by atoms with van der Waals surface area (Å²) in [4.78, 5) is 32.4. The van der Waals surface area contributed by atoms with Gasteiger partial charge in [0.25, 0.3) is 0 Å². The van der Waals surface area contributed by atoms with Gasteiger partial charge in [-0.1, -0.05) is 18.9 Å². The fourth-order valence-electron chi connectivity index (χ4n) is 7.84. The fraction of sp³-hybridized carbons (Fsp3) is 0.714. The molecule has 0 spiro atoms. The molecule has 1 aromatic carbocycles. The smallest absolute Gasteiger partial charge is 0.320 e. The first kappa shape index (κ1) is 24.0. The Kier molecular flexibility index (Phi) is 6.34. The van der Waals surface area contributed by atoms with E-state index in [2.05, 4.69) is 15.5 Å². The number of nitrogens with one attached hydrogen (secondary N) is 2. The minimum Gasteiger partial charge on any atom is -0.373 e. The third-order valence-electron chi connectivity index (χ3n) is 9.66. The van der Waals surface area contributed by atoms with Crippen molar-refractivity contribution in [2.75, 3.05) is 38.5 Å². The van der Waals surface area contributed by atoms with Gasteiger partial charge in [-0.25, -0.2) is 9.18 Å². The number of hydrogen-bond donors (Lipinski definition) is 2. The highest BCUT2D eigenvalue weighted by molar-refractivity contribution is 5.89. The maximum atomic E-state index is 15.1. The van der Waals surface area contributed by atoms with E-state index in [4.69, 9.17) is 0 Å². The summed E-state index contributed by atoms with van der Waals surface area (Å²) >= 11 is 0. The Bertz CT molecular complexity index is 1030. The van der Waals surface area contributed by atoms with Gasteiger partial charge in [0, 0.05) is 62.5 Å². The van der Waals surface area contributed by atoms with Gasteiger partial charge < -0.3 is 20.4 Å². The molecule has 5 aliphatic rings. The Morgan fingerprint density at radius 3 is 2.67 bits per heavy atom. The number of anilines is 1. The van der Waals surface area contributed by atoms with Crippen LogP contribution in [0.15, 0.2) is 12.1 Å². The molecule has 7 nitrogen and oxygen atoms in total. The number of carbonyl (C=O) groups is 2. The van der Waals surface area contributed by atoms with Crippen LogP contribution in [0.25, 0.3) is 0 Å². The summed E-state index contributed by atoms with van der Waals surface area (Å²) < 4.78 is 15.1. The minimum atomic E-state index is -0.400. The summed E-state index contributed by atoms with van der Waals surface area (Å²) in [7, 11) is 1.89. The van der Waals surface area contributed by atoms with E-state index < -0.39 is 6.04 Å². The lowest BCUT2D eigenvalue weighted by molar-refractivity contribution is -0.123. The standard InChI is InChI=1S/C28H40FN5O2/c1-17-10-11-22(29)24-23(18-6-3-4-7-18)26(31-25(17)24)27(35)30-19-8-5-9-20(14-19)33-12-13-34-21(16-33)15-32(2)28(34)36/h10-11,18-21,23,26,31H,3-9,12-16H2,1-2H3,(H,30,35)/t19-,20-,21+,23?,26?/m1/s1. The lowest BCUT2D eigenvalue weighted by atomic mass is 9.80. The molecular weight excluding hydrogens is 457 g/mol. The van der Waals surface area contributed by atoms with E-state index in [9.17, 15) is 9.59 Å². The van der Waals surface area contributed by atoms with Crippen molar-refractivity contribution < 1.29 is 14.0 Å². The van der Waals surface area contributed by atoms with Gasteiger partial charge in [0.15, 0.2) is 0 Å². The van der Waals surface area contributed by atoms with E-state index in [1.54, 1.807) is 6.07 Å². The van der Waals surface area contributed by atoms with Crippen LogP contribution in [0, 0.1) is 18.7 Å². The van der Waals surface area contributed by atoms with Crippen LogP contribution in [0.4, 0.5) is 14.9 Å². The second-order valence-electron chi connectivity index (χ2n) is 11.9. The molecule has 5 atom stereocenters. The Labute approximate surface area is 213 Å². The molecule has 3 amide bonds. The first-order valence-electron chi connectivity index (χ1n) is 14.0. The summed E-state index contributed by atoms with van der Waals surface area (Å²) in [6.07, 6.45) is 8.65. The molecule has 2 aliphatic carbocycles. The van der Waals surface area contributed by atoms with Crippen LogP contribution in [0.1, 0.15) is 68.4 Å². The molecule has 2 saturated carbocycles. The maximum absolute atomic E-state index is 15.1. The van der Waals surface area contributed by atoms with Crippen LogP contribution >= 0.6 is 0 Å². The van der Waals surface area contributed by atoms with Gasteiger partial charge >= 0.3 is 6.03 Å². The molecule has 36 heavy (non-hydrogen) atoms. The molecule has 3 aliphatic heterocycles. The van der Waals surface area contributed by atoms with E-state index >= 15 is 4.39 Å². The summed E-state index contributed by atoms with van der Waals surface area (Å²) in [5, 5.41) is 6.86. The Morgan fingerprint density at radius 1 is 1.06 bits per heavy atom. The molecular formula is C28H40FN5O2. The van der Waals surface area contributed by atoms with Gasteiger partial charge in [-0.15, -0.1) is 0 Å². The Morgan fingerprint density at radius 2 is 1.86 bits per heavy atom. The molecule has 1 aromatic rings. The predicted octanol–water partition coefficient (Wildman–Crippen LogP) is 3.68. The molecule has 2 saturated heterocycles. The first-order valence-corrected chi connectivity index (χ1v) is 14.0. The number of halogens is 1. The molecule has 3 heterocycles. The maximum Gasteiger partial charge on any atom is 0.320 e. The third-order valence-corrected chi connectivity index (χ3v) is 9.66. The van der Waals surface area contributed by atoms with Crippen molar-refractivity contribution in [3.63, 3.8) is 0 Å². The lowest BCUT2D eigenvalue weighted by Crippen LogP contribution is -2.57. The minimum absolute atomic E-state index is 0.0281. The van der Waals surface area contributed by atoms with Crippen LogP contribution in [0.5, 0.6) is 0 Å². The van der Waals surface area contributed by atoms with Crippen molar-refractivity contribution in [3.05, 3.63) is 29.1 Å². The quantitative estimate of drug-likeness (QED) is 0.666. The molecule has 0 bridgehead atoms. The Balaban J connectivity index is 1.13. The largest absolute Gasteiger partial charge is 0.373 e. The Hall–Kier alpha value is -2.35. The summed E-state index contributed by atoms with van der Waals surface area (Å²) in [6, 6.07) is 3.99. The van der Waals surface area contributed by atoms with E-state index in [0.717, 1.165) is 94.4 Å². The number of benzene rings is 1. The average molecular weight is 498 g/mol. The third kappa shape index (κ3) is 4.15. The zero-order chi connectivity index (χ0) is 25.0. The molecule has 4 fully saturated rings. The number of urea groups is 1. The number of hydrogen-bond acceptors (Lipinski definition) is 4. The zero-order valence-corrected chi connectivity index (χ0v) is 21.6. The monoisotopic (exact) mass is 497 g/mol. The van der Waals surface area contributed by atoms with E-state index in [1.165, 1.54) is 0 Å². The van der Waals surface area contributed by atoms with Gasteiger partial charge in [0.1, 0.15) is 11.9 Å². The molecule has 8 heteroatoms. The number of piperazine rings is 1. The van der Waals surface area contributed by atoms with Crippen LogP contribution in [-0.4, -0.2) is 84.0 Å². The van der Waals surface area contributed by atoms with Crippen molar-refractivity contribution in [2.24, 2.45) is 5.92 Å². The second kappa shape index (κ2) is 9.51. The van der Waals surface area contributed by atoms with E-state index in [0.29, 0.717) is 12.0 Å². The molecule has 0 radical (unpaired) electrons. The van der Waals surface area contributed by atoms with Crippen molar-refractivity contribution in [3.8, 4) is 0 Å². The number of aryl methyl sites for hydroxylation is 1. The summed E-state index contributed by atoms with van der Waals surface area (Å²) in [5.41, 5.74) is 2.58. The molecule has 196 valence electrons. The summed E-state index contributed by atoms with van der Waals surface area (Å²) in [5.74, 6) is 0.115. The van der Waals surface area contributed by atoms with Crippen LogP contribution in [0.2, 0.25) is 0 Å². The highest BCUT2D eigenvalue weighted by atomic mass is 19.1. The second-order valence-corrected chi connectivity index (χ2v) is 11.9. The van der Waals surface area contributed by atoms with Crippen LogP contribution in [0.3, 0.4) is 0 Å². The molecule has 2 N–H and O–H groups in total. The van der Waals surface area contributed by atoms with Crippen LogP contribution < -0.4 is 10.6 Å². The number of nitrogens with zero attached hydrogens (tertiary/aromatic N) is 3. The topological polar surface area (TPSA) is 67.9 Å². The first-order chi connectivity index (χ1) is 17.4. The number of amides is 3. The highest BCUT2D eigenvalue weighted by Gasteiger charge is 2.46. The van der Waals surface area contributed by atoms with Gasteiger partial charge in [0.05, 0.1) is 6.04 Å². The normalized spacial score (nSPS) is 33.0. The predicted molar refractivity (Wildman–Crippen MR) is 138 cm³/mol. The van der Waals surface area contributed by atoms with E-state index in [-0.39, 0.29) is 35.8 Å². The van der Waals surface area contributed by atoms with Crippen molar-refractivity contribution in [2.45, 2.75) is 88.4 Å². The number of rotatable bonds is 4. The molecule has 2 unspecified atom stereocenters. The van der Waals surface area contributed by atoms with Crippen molar-refractivity contribution >= 4 is 17.6 Å². The van der Waals surface area contributed by atoms with E-state index in [1.807, 2.05) is 29.8 Å². The summed E-state index contributed by atoms with van der Waals surface area (Å²) in [6.45, 7) is 5.42. The SMILES string of the molecule is Cc1ccc(F)c2c1NC(C(=O)N[C@@H]1CCC[C@@H](N3CCN4C(=O)N(C)C[C@H]4C3)C1)C2C1CCCC1. The number of fused-ring (bicyclic) bond motifs is 2. The lowest BCUT2D eigenvalue weighted by Gasteiger charge is -2.43. The van der Waals surface area contributed by atoms with Gasteiger partial charge in [0.2, 0.25) is 5.91 Å². The van der Waals surface area contributed by atoms with Gasteiger partial charge in [-0.3, -0.25) is 9.69 Å². The van der Waals surface area contributed by atoms with Gasteiger partial charge in [-0.2, -0.15) is 0 Å². The zero-order valence-electron chi connectivity index (χ0n) is 21.6. The molecule has 6 rings (SSSR count). The van der Waals surface area contributed by atoms with Crippen LogP contribution in [-0.2, 0) is 4.79 Å². The fourth-order valence-corrected chi connectivity index (χ4v) is 7.84. The molecule has 0 aromatic heterocycles. The van der Waals surface area contributed by atoms with Crippen molar-refractivity contribution in [1.82, 2.24) is 20.0 Å². The number of likely N-dealkylation sites (N-methyl/N-ethyl adjacent to an activating group) is 1. The highest BCUT2D eigenvalue weighted by Crippen LogP contribution is 2.48. The van der Waals surface area contributed by atoms with Gasteiger partial charge in [-0.05, 0) is 63.0 Å².